The summed E-state index contributed by atoms with van der Waals surface area (Å²) in [4.78, 5) is 0. The average molecular weight is 255 g/mol. The van der Waals surface area contributed by atoms with Crippen molar-refractivity contribution in [3.63, 3.8) is 0 Å². The van der Waals surface area contributed by atoms with Gasteiger partial charge in [0.2, 0.25) is 10.0 Å². The molecule has 1 aliphatic rings. The predicted octanol–water partition coefficient (Wildman–Crippen LogP) is 1.16. The third-order valence-corrected chi connectivity index (χ3v) is 6.67. The van der Waals surface area contributed by atoms with E-state index in [1.54, 1.807) is 13.8 Å². The Bertz CT molecular complexity index is 258. The highest BCUT2D eigenvalue weighted by atomic mass is 32.2. The van der Waals surface area contributed by atoms with Gasteiger partial charge in [-0.2, -0.15) is 23.5 Å². The summed E-state index contributed by atoms with van der Waals surface area (Å²) in [6.07, 6.45) is 0. The minimum absolute atomic E-state index is 0.330. The summed E-state index contributed by atoms with van der Waals surface area (Å²) in [5.41, 5.74) is 0. The van der Waals surface area contributed by atoms with Gasteiger partial charge in [-0.15, -0.1) is 0 Å². The third kappa shape index (κ3) is 4.00. The summed E-state index contributed by atoms with van der Waals surface area (Å²) < 4.78 is 25.6. The van der Waals surface area contributed by atoms with Gasteiger partial charge in [-0.25, -0.2) is 13.1 Å². The second-order valence-corrected chi connectivity index (χ2v) is 8.39. The number of sulfonamides is 1. The van der Waals surface area contributed by atoms with E-state index in [9.17, 15) is 8.42 Å². The van der Waals surface area contributed by atoms with Crippen molar-refractivity contribution in [1.29, 1.82) is 0 Å². The van der Waals surface area contributed by atoms with Gasteiger partial charge in [0.05, 0.1) is 5.25 Å². The Labute approximate surface area is 94.8 Å². The van der Waals surface area contributed by atoms with Gasteiger partial charge in [0.15, 0.2) is 0 Å². The minimum Gasteiger partial charge on any atom is -0.214 e. The summed E-state index contributed by atoms with van der Waals surface area (Å²) in [5, 5.41) is 0.117. The zero-order chi connectivity index (χ0) is 10.6. The smallest absolute Gasteiger partial charge is 0.213 e. The highest BCUT2D eigenvalue weighted by molar-refractivity contribution is 8.06. The number of hydrogen-bond acceptors (Lipinski definition) is 4. The number of thioether (sulfide) groups is 2. The van der Waals surface area contributed by atoms with Crippen LogP contribution >= 0.6 is 23.5 Å². The Morgan fingerprint density at radius 3 is 2.64 bits per heavy atom. The fourth-order valence-corrected chi connectivity index (χ4v) is 4.51. The molecule has 3 nitrogen and oxygen atoms in total. The van der Waals surface area contributed by atoms with Crippen molar-refractivity contribution in [3.8, 4) is 0 Å². The standard InChI is InChI=1S/C8H17NO2S3/c1-7(2)14(10,11)9-5-8-6-12-3-4-13-8/h7-9H,3-6H2,1-2H3. The second kappa shape index (κ2) is 5.63. The quantitative estimate of drug-likeness (QED) is 0.819. The van der Waals surface area contributed by atoms with Crippen LogP contribution in [0.4, 0.5) is 0 Å². The van der Waals surface area contributed by atoms with Crippen molar-refractivity contribution in [2.45, 2.75) is 24.3 Å². The first-order chi connectivity index (χ1) is 6.52. The van der Waals surface area contributed by atoms with E-state index in [0.717, 1.165) is 11.5 Å². The number of nitrogens with one attached hydrogen (secondary N) is 1. The van der Waals surface area contributed by atoms with Crippen LogP contribution in [0.1, 0.15) is 13.8 Å². The molecule has 1 unspecified atom stereocenters. The average Bonchev–Trinajstić information content (AvgIpc) is 2.16. The van der Waals surface area contributed by atoms with E-state index >= 15 is 0 Å². The molecule has 0 aromatic heterocycles. The Morgan fingerprint density at radius 2 is 2.14 bits per heavy atom. The molecule has 1 fully saturated rings. The van der Waals surface area contributed by atoms with Gasteiger partial charge in [-0.1, -0.05) is 0 Å². The lowest BCUT2D eigenvalue weighted by atomic mass is 10.5. The van der Waals surface area contributed by atoms with E-state index in [0.29, 0.717) is 11.8 Å². The van der Waals surface area contributed by atoms with E-state index in [2.05, 4.69) is 4.72 Å². The number of hydrogen-bond donors (Lipinski definition) is 1. The maximum atomic E-state index is 11.4. The molecule has 1 rings (SSSR count). The van der Waals surface area contributed by atoms with Gasteiger partial charge in [0.25, 0.3) is 0 Å². The monoisotopic (exact) mass is 255 g/mol. The largest absolute Gasteiger partial charge is 0.214 e. The van der Waals surface area contributed by atoms with E-state index in [1.807, 2.05) is 23.5 Å². The molecule has 0 bridgehead atoms. The van der Waals surface area contributed by atoms with E-state index in [4.69, 9.17) is 0 Å². The van der Waals surface area contributed by atoms with Crippen LogP contribution in [-0.4, -0.2) is 42.7 Å². The summed E-state index contributed by atoms with van der Waals surface area (Å²) in [5.74, 6) is 3.39. The van der Waals surface area contributed by atoms with Crippen molar-refractivity contribution < 1.29 is 8.42 Å². The Balaban J connectivity index is 2.32. The molecular formula is C8H17NO2S3. The van der Waals surface area contributed by atoms with Crippen LogP contribution in [0.2, 0.25) is 0 Å². The molecule has 0 amide bonds. The van der Waals surface area contributed by atoms with E-state index in [-0.39, 0.29) is 5.25 Å². The van der Waals surface area contributed by atoms with Crippen molar-refractivity contribution >= 4 is 33.5 Å². The SMILES string of the molecule is CC(C)S(=O)(=O)NCC1CSCCS1. The highest BCUT2D eigenvalue weighted by Crippen LogP contribution is 2.23. The predicted molar refractivity (Wildman–Crippen MR) is 65.6 cm³/mol. The van der Waals surface area contributed by atoms with Crippen molar-refractivity contribution in [1.82, 2.24) is 4.72 Å². The molecule has 1 aliphatic heterocycles. The van der Waals surface area contributed by atoms with Crippen molar-refractivity contribution in [3.05, 3.63) is 0 Å². The van der Waals surface area contributed by atoms with E-state index in [1.165, 1.54) is 5.75 Å². The lowest BCUT2D eigenvalue weighted by Gasteiger charge is -2.21. The first kappa shape index (κ1) is 12.7. The number of rotatable bonds is 4. The molecule has 14 heavy (non-hydrogen) atoms. The second-order valence-electron chi connectivity index (χ2n) is 3.51. The van der Waals surface area contributed by atoms with Gasteiger partial charge in [0, 0.05) is 29.1 Å². The molecule has 0 spiro atoms. The third-order valence-electron chi connectivity index (χ3n) is 2.02. The zero-order valence-corrected chi connectivity index (χ0v) is 11.0. The van der Waals surface area contributed by atoms with Gasteiger partial charge in [-0.3, -0.25) is 0 Å². The molecule has 0 radical (unpaired) electrons. The molecule has 0 aromatic carbocycles. The lowest BCUT2D eigenvalue weighted by molar-refractivity contribution is 0.572. The molecular weight excluding hydrogens is 238 g/mol. The van der Waals surface area contributed by atoms with Crippen molar-refractivity contribution in [2.75, 3.05) is 23.8 Å². The fraction of sp³-hybridized carbons (Fsp3) is 1.00. The van der Waals surface area contributed by atoms with Gasteiger partial charge in [-0.05, 0) is 13.8 Å². The Hall–Kier alpha value is 0.610. The van der Waals surface area contributed by atoms with Crippen LogP contribution in [0.5, 0.6) is 0 Å². The lowest BCUT2D eigenvalue weighted by Crippen LogP contribution is -2.37. The van der Waals surface area contributed by atoms with Crippen LogP contribution in [0, 0.1) is 0 Å². The molecule has 0 aromatic rings. The van der Waals surface area contributed by atoms with Crippen LogP contribution < -0.4 is 4.72 Å². The minimum atomic E-state index is -3.07. The normalized spacial score (nSPS) is 24.1. The summed E-state index contributed by atoms with van der Waals surface area (Å²) in [6, 6.07) is 0. The van der Waals surface area contributed by atoms with Gasteiger partial charge < -0.3 is 0 Å². The van der Waals surface area contributed by atoms with Crippen LogP contribution in [0.3, 0.4) is 0 Å². The first-order valence-electron chi connectivity index (χ1n) is 4.70. The molecule has 1 saturated heterocycles. The molecule has 1 N–H and O–H groups in total. The maximum Gasteiger partial charge on any atom is 0.213 e. The molecule has 1 heterocycles. The topological polar surface area (TPSA) is 46.2 Å². The summed E-state index contributed by atoms with van der Waals surface area (Å²) in [6.45, 7) is 3.98. The fourth-order valence-electron chi connectivity index (χ4n) is 1.03. The van der Waals surface area contributed by atoms with Crippen LogP contribution in [-0.2, 0) is 10.0 Å². The molecule has 0 aliphatic carbocycles. The Kier molecular flexibility index (Phi) is 5.10. The van der Waals surface area contributed by atoms with Gasteiger partial charge >= 0.3 is 0 Å². The molecule has 1 atom stereocenters. The van der Waals surface area contributed by atoms with Crippen molar-refractivity contribution in [2.24, 2.45) is 0 Å². The highest BCUT2D eigenvalue weighted by Gasteiger charge is 2.19. The Morgan fingerprint density at radius 1 is 1.43 bits per heavy atom. The zero-order valence-electron chi connectivity index (χ0n) is 8.52. The van der Waals surface area contributed by atoms with Gasteiger partial charge in [0.1, 0.15) is 0 Å². The summed E-state index contributed by atoms with van der Waals surface area (Å²) >= 11 is 3.77. The maximum absolute atomic E-state index is 11.4. The first-order valence-corrected chi connectivity index (χ1v) is 8.45. The molecule has 6 heteroatoms. The van der Waals surface area contributed by atoms with Crippen LogP contribution in [0.15, 0.2) is 0 Å². The molecule has 84 valence electrons. The van der Waals surface area contributed by atoms with E-state index < -0.39 is 10.0 Å². The molecule has 0 saturated carbocycles. The summed E-state index contributed by atoms with van der Waals surface area (Å²) in [7, 11) is -3.07. The van der Waals surface area contributed by atoms with Crippen LogP contribution in [0.25, 0.3) is 0 Å².